The van der Waals surface area contributed by atoms with Gasteiger partial charge in [-0.15, -0.1) is 11.3 Å². The highest BCUT2D eigenvalue weighted by Gasteiger charge is 2.15. The van der Waals surface area contributed by atoms with Crippen LogP contribution in [0.4, 0.5) is 5.13 Å². The molecule has 1 saturated heterocycles. The number of nitrogens with one attached hydrogen (secondary N) is 1. The molecule has 0 amide bonds. The van der Waals surface area contributed by atoms with E-state index in [4.69, 9.17) is 0 Å². The average molecular weight is 272 g/mol. The Kier molecular flexibility index (Phi) is 4.67. The second-order valence-corrected chi connectivity index (χ2v) is 6.01. The van der Waals surface area contributed by atoms with Gasteiger partial charge in [-0.3, -0.25) is 4.79 Å². The van der Waals surface area contributed by atoms with Crippen LogP contribution in [-0.4, -0.2) is 35.6 Å². The van der Waals surface area contributed by atoms with E-state index in [1.165, 1.54) is 31.5 Å². The van der Waals surface area contributed by atoms with Crippen LogP contribution in [0.1, 0.15) is 18.5 Å². The molecule has 94 valence electrons. The quantitative estimate of drug-likeness (QED) is 0.851. The van der Waals surface area contributed by atoms with Crippen molar-refractivity contribution in [2.24, 2.45) is 0 Å². The van der Waals surface area contributed by atoms with E-state index in [9.17, 15) is 4.79 Å². The molecule has 0 spiro atoms. The van der Waals surface area contributed by atoms with Gasteiger partial charge in [-0.25, -0.2) is 4.98 Å². The van der Waals surface area contributed by atoms with Gasteiger partial charge in [-0.2, -0.15) is 11.8 Å². The third-order valence-electron chi connectivity index (χ3n) is 2.65. The molecule has 1 aliphatic rings. The van der Waals surface area contributed by atoms with Crippen molar-refractivity contribution in [1.82, 2.24) is 4.98 Å². The highest BCUT2D eigenvalue weighted by atomic mass is 32.2. The van der Waals surface area contributed by atoms with E-state index in [2.05, 4.69) is 15.0 Å². The number of carbonyl (C=O) groups excluding carboxylic acids is 1. The molecule has 1 aromatic heterocycles. The molecular weight excluding hydrogens is 256 g/mol. The smallest absolute Gasteiger partial charge is 0.311 e. The molecule has 1 aliphatic heterocycles. The van der Waals surface area contributed by atoms with Gasteiger partial charge in [0.2, 0.25) is 0 Å². The number of thiazole rings is 1. The molecule has 1 aromatic rings. The van der Waals surface area contributed by atoms with Crippen molar-refractivity contribution >= 4 is 34.2 Å². The summed E-state index contributed by atoms with van der Waals surface area (Å²) in [6, 6.07) is 0.536. The Labute approximate surface area is 109 Å². The minimum Gasteiger partial charge on any atom is -0.469 e. The Morgan fingerprint density at radius 2 is 2.35 bits per heavy atom. The van der Waals surface area contributed by atoms with Crippen molar-refractivity contribution < 1.29 is 9.53 Å². The first-order valence-electron chi connectivity index (χ1n) is 5.63. The summed E-state index contributed by atoms with van der Waals surface area (Å²) in [7, 11) is 1.40. The van der Waals surface area contributed by atoms with E-state index in [1.807, 2.05) is 17.1 Å². The van der Waals surface area contributed by atoms with Gasteiger partial charge < -0.3 is 10.1 Å². The lowest BCUT2D eigenvalue weighted by molar-refractivity contribution is -0.139. The number of esters is 1. The van der Waals surface area contributed by atoms with Crippen molar-refractivity contribution in [3.05, 3.63) is 11.1 Å². The molecule has 0 unspecified atom stereocenters. The van der Waals surface area contributed by atoms with E-state index in [-0.39, 0.29) is 12.4 Å². The molecule has 1 fully saturated rings. The van der Waals surface area contributed by atoms with Gasteiger partial charge in [0.15, 0.2) is 5.13 Å². The molecule has 0 aromatic carbocycles. The van der Waals surface area contributed by atoms with E-state index < -0.39 is 0 Å². The van der Waals surface area contributed by atoms with Gasteiger partial charge in [0.1, 0.15) is 0 Å². The first-order valence-corrected chi connectivity index (χ1v) is 7.67. The van der Waals surface area contributed by atoms with Gasteiger partial charge in [0, 0.05) is 11.4 Å². The highest BCUT2D eigenvalue weighted by Crippen LogP contribution is 2.23. The number of thioether (sulfide) groups is 1. The zero-order valence-corrected chi connectivity index (χ0v) is 11.4. The number of hydrogen-bond donors (Lipinski definition) is 1. The summed E-state index contributed by atoms with van der Waals surface area (Å²) in [6.45, 7) is 0. The zero-order chi connectivity index (χ0) is 12.1. The lowest BCUT2D eigenvalue weighted by Crippen LogP contribution is -2.24. The summed E-state index contributed by atoms with van der Waals surface area (Å²) in [4.78, 5) is 15.5. The van der Waals surface area contributed by atoms with Gasteiger partial charge in [0.05, 0.1) is 19.2 Å². The topological polar surface area (TPSA) is 51.2 Å². The number of methoxy groups -OCH3 is 1. The van der Waals surface area contributed by atoms with Gasteiger partial charge in [-0.05, 0) is 24.3 Å². The largest absolute Gasteiger partial charge is 0.469 e. The molecule has 2 rings (SSSR count). The Hall–Kier alpha value is -0.750. The summed E-state index contributed by atoms with van der Waals surface area (Å²) in [6.07, 6.45) is 2.64. The maximum Gasteiger partial charge on any atom is 0.311 e. The maximum atomic E-state index is 11.1. The van der Waals surface area contributed by atoms with Crippen molar-refractivity contribution in [3.8, 4) is 0 Å². The molecular formula is C11H16N2O2S2. The summed E-state index contributed by atoms with van der Waals surface area (Å²) in [5, 5.41) is 6.27. The molecule has 4 nitrogen and oxygen atoms in total. The fourth-order valence-electron chi connectivity index (χ4n) is 1.69. The maximum absolute atomic E-state index is 11.1. The van der Waals surface area contributed by atoms with Crippen LogP contribution in [0.5, 0.6) is 0 Å². The zero-order valence-electron chi connectivity index (χ0n) is 9.77. The summed E-state index contributed by atoms with van der Waals surface area (Å²) in [5.74, 6) is 2.20. The van der Waals surface area contributed by atoms with Crippen LogP contribution in [0.15, 0.2) is 5.38 Å². The van der Waals surface area contributed by atoms with Crippen LogP contribution in [0.2, 0.25) is 0 Å². The van der Waals surface area contributed by atoms with Crippen LogP contribution in [0, 0.1) is 0 Å². The Morgan fingerprint density at radius 1 is 1.59 bits per heavy atom. The fraction of sp³-hybridized carbons (Fsp3) is 0.636. The number of nitrogens with zero attached hydrogens (tertiary/aromatic N) is 1. The predicted octanol–water partition coefficient (Wildman–Crippen LogP) is 2.17. The standard InChI is InChI=1S/C11H16N2O2S2/c1-15-10(14)6-9-7-17-11(13-9)12-8-2-4-16-5-3-8/h7-8H,2-6H2,1H3,(H,12,13). The lowest BCUT2D eigenvalue weighted by atomic mass is 10.2. The molecule has 0 aliphatic carbocycles. The molecule has 17 heavy (non-hydrogen) atoms. The monoisotopic (exact) mass is 272 g/mol. The first-order chi connectivity index (χ1) is 8.28. The first kappa shape index (κ1) is 12.7. The lowest BCUT2D eigenvalue weighted by Gasteiger charge is -2.21. The minimum absolute atomic E-state index is 0.240. The molecule has 0 radical (unpaired) electrons. The van der Waals surface area contributed by atoms with Crippen LogP contribution in [-0.2, 0) is 16.0 Å². The van der Waals surface area contributed by atoms with Crippen LogP contribution in [0.25, 0.3) is 0 Å². The van der Waals surface area contributed by atoms with E-state index >= 15 is 0 Å². The van der Waals surface area contributed by atoms with Gasteiger partial charge in [0.25, 0.3) is 0 Å². The number of rotatable bonds is 4. The molecule has 1 N–H and O–H groups in total. The van der Waals surface area contributed by atoms with Crippen molar-refractivity contribution in [1.29, 1.82) is 0 Å². The number of carbonyl (C=O) groups is 1. The fourth-order valence-corrected chi connectivity index (χ4v) is 3.59. The van der Waals surface area contributed by atoms with Crippen LogP contribution < -0.4 is 5.32 Å². The second-order valence-electron chi connectivity index (χ2n) is 3.93. The Bertz CT molecular complexity index is 375. The third-order valence-corrected chi connectivity index (χ3v) is 4.52. The average Bonchev–Trinajstić information content (AvgIpc) is 2.77. The second kappa shape index (κ2) is 6.26. The van der Waals surface area contributed by atoms with Gasteiger partial charge >= 0.3 is 5.97 Å². The summed E-state index contributed by atoms with van der Waals surface area (Å²) >= 11 is 3.57. The van der Waals surface area contributed by atoms with E-state index in [1.54, 1.807) is 11.3 Å². The third kappa shape index (κ3) is 3.89. The summed E-state index contributed by atoms with van der Waals surface area (Å²) < 4.78 is 4.62. The Morgan fingerprint density at radius 3 is 3.06 bits per heavy atom. The van der Waals surface area contributed by atoms with E-state index in [0.29, 0.717) is 6.04 Å². The van der Waals surface area contributed by atoms with Crippen LogP contribution >= 0.6 is 23.1 Å². The number of aromatic nitrogens is 1. The molecule has 6 heteroatoms. The molecule has 0 atom stereocenters. The van der Waals surface area contributed by atoms with E-state index in [0.717, 1.165) is 10.8 Å². The number of hydrogen-bond acceptors (Lipinski definition) is 6. The normalized spacial score (nSPS) is 16.8. The van der Waals surface area contributed by atoms with Crippen molar-refractivity contribution in [2.45, 2.75) is 25.3 Å². The molecule has 2 heterocycles. The highest BCUT2D eigenvalue weighted by molar-refractivity contribution is 7.99. The van der Waals surface area contributed by atoms with Crippen molar-refractivity contribution in [2.75, 3.05) is 23.9 Å². The summed E-state index contributed by atoms with van der Waals surface area (Å²) in [5.41, 5.74) is 0.787. The predicted molar refractivity (Wildman–Crippen MR) is 71.8 cm³/mol. The van der Waals surface area contributed by atoms with Crippen LogP contribution in [0.3, 0.4) is 0 Å². The Balaban J connectivity index is 1.86. The minimum atomic E-state index is -0.240. The number of anilines is 1. The number of ether oxygens (including phenoxy) is 1. The van der Waals surface area contributed by atoms with Crippen molar-refractivity contribution in [3.63, 3.8) is 0 Å². The molecule has 0 bridgehead atoms. The van der Waals surface area contributed by atoms with Gasteiger partial charge in [-0.1, -0.05) is 0 Å². The SMILES string of the molecule is COC(=O)Cc1csc(NC2CCSCC2)n1. The molecule has 0 saturated carbocycles.